The van der Waals surface area contributed by atoms with Gasteiger partial charge in [-0.15, -0.1) is 0 Å². The summed E-state index contributed by atoms with van der Waals surface area (Å²) in [6, 6.07) is 5.32. The zero-order valence-electron chi connectivity index (χ0n) is 12.0. The number of nitrogens with one attached hydrogen (secondary N) is 1. The van der Waals surface area contributed by atoms with Gasteiger partial charge in [-0.2, -0.15) is 0 Å². The predicted octanol–water partition coefficient (Wildman–Crippen LogP) is 3.49. The van der Waals surface area contributed by atoms with E-state index in [0.717, 1.165) is 38.0 Å². The minimum Gasteiger partial charge on any atom is -0.490 e. The van der Waals surface area contributed by atoms with Crippen LogP contribution in [0.1, 0.15) is 44.1 Å². The Morgan fingerprint density at radius 1 is 1.38 bits per heavy atom. The number of ether oxygens (including phenoxy) is 2. The lowest BCUT2D eigenvalue weighted by Crippen LogP contribution is -2.41. The summed E-state index contributed by atoms with van der Waals surface area (Å²) < 4.78 is 12.1. The van der Waals surface area contributed by atoms with Crippen molar-refractivity contribution in [1.82, 2.24) is 0 Å². The third kappa shape index (κ3) is 3.16. The summed E-state index contributed by atoms with van der Waals surface area (Å²) in [6.45, 7) is 0.768. The van der Waals surface area contributed by atoms with E-state index in [2.05, 4.69) is 0 Å². The molecule has 1 atom stereocenters. The SMILES string of the molecule is N=C(N)c1ccc(OC2CCOC3(CCCC3)C2)cc1Cl. The summed E-state index contributed by atoms with van der Waals surface area (Å²) in [5, 5.41) is 7.91. The summed E-state index contributed by atoms with van der Waals surface area (Å²) in [6.07, 6.45) is 6.86. The van der Waals surface area contributed by atoms with E-state index < -0.39 is 0 Å². The number of hydrogen-bond donors (Lipinski definition) is 2. The predicted molar refractivity (Wildman–Crippen MR) is 83.3 cm³/mol. The van der Waals surface area contributed by atoms with Crippen LogP contribution in [0.5, 0.6) is 5.75 Å². The molecule has 1 unspecified atom stereocenters. The number of benzene rings is 1. The number of halogens is 1. The van der Waals surface area contributed by atoms with Gasteiger partial charge in [-0.3, -0.25) is 5.41 Å². The summed E-state index contributed by atoms with van der Waals surface area (Å²) in [7, 11) is 0. The molecular weight excluding hydrogens is 288 g/mol. The van der Waals surface area contributed by atoms with Crippen LogP contribution in [-0.2, 0) is 4.74 Å². The van der Waals surface area contributed by atoms with Gasteiger partial charge in [-0.1, -0.05) is 24.4 Å². The highest BCUT2D eigenvalue weighted by atomic mass is 35.5. The van der Waals surface area contributed by atoms with Crippen molar-refractivity contribution < 1.29 is 9.47 Å². The van der Waals surface area contributed by atoms with Crippen LogP contribution in [0.2, 0.25) is 5.02 Å². The molecule has 4 nitrogen and oxygen atoms in total. The molecule has 1 aliphatic carbocycles. The second-order valence-corrected chi connectivity index (χ2v) is 6.43. The lowest BCUT2D eigenvalue weighted by Gasteiger charge is -2.38. The first-order valence-electron chi connectivity index (χ1n) is 7.53. The maximum absolute atomic E-state index is 7.44. The molecule has 114 valence electrons. The highest BCUT2D eigenvalue weighted by Crippen LogP contribution is 2.41. The Morgan fingerprint density at radius 3 is 2.81 bits per heavy atom. The van der Waals surface area contributed by atoms with Crippen molar-refractivity contribution in [3.05, 3.63) is 28.8 Å². The molecule has 0 bridgehead atoms. The molecule has 3 N–H and O–H groups in total. The van der Waals surface area contributed by atoms with E-state index >= 15 is 0 Å². The van der Waals surface area contributed by atoms with Gasteiger partial charge in [0.2, 0.25) is 0 Å². The van der Waals surface area contributed by atoms with Crippen LogP contribution >= 0.6 is 11.6 Å². The van der Waals surface area contributed by atoms with Gasteiger partial charge in [0.25, 0.3) is 0 Å². The molecule has 0 aromatic heterocycles. The molecule has 1 saturated carbocycles. The maximum Gasteiger partial charge on any atom is 0.124 e. The molecule has 1 aromatic rings. The van der Waals surface area contributed by atoms with Gasteiger partial charge in [-0.05, 0) is 31.0 Å². The molecule has 1 saturated heterocycles. The highest BCUT2D eigenvalue weighted by Gasteiger charge is 2.40. The van der Waals surface area contributed by atoms with Gasteiger partial charge < -0.3 is 15.2 Å². The zero-order valence-corrected chi connectivity index (χ0v) is 12.8. The molecule has 0 amide bonds. The highest BCUT2D eigenvalue weighted by molar-refractivity contribution is 6.34. The fourth-order valence-electron chi connectivity index (χ4n) is 3.43. The molecule has 5 heteroatoms. The smallest absolute Gasteiger partial charge is 0.124 e. The summed E-state index contributed by atoms with van der Waals surface area (Å²) in [4.78, 5) is 0. The minimum absolute atomic E-state index is 0.0254. The average molecular weight is 309 g/mol. The Balaban J connectivity index is 1.68. The van der Waals surface area contributed by atoms with E-state index in [1.54, 1.807) is 12.1 Å². The van der Waals surface area contributed by atoms with Crippen molar-refractivity contribution in [2.24, 2.45) is 5.73 Å². The lowest BCUT2D eigenvalue weighted by atomic mass is 9.90. The quantitative estimate of drug-likeness (QED) is 0.663. The number of rotatable bonds is 3. The second-order valence-electron chi connectivity index (χ2n) is 6.03. The van der Waals surface area contributed by atoms with E-state index in [4.69, 9.17) is 32.2 Å². The molecule has 2 aliphatic rings. The van der Waals surface area contributed by atoms with Gasteiger partial charge >= 0.3 is 0 Å². The van der Waals surface area contributed by atoms with Crippen molar-refractivity contribution in [1.29, 1.82) is 5.41 Å². The zero-order chi connectivity index (χ0) is 14.9. The van der Waals surface area contributed by atoms with Gasteiger partial charge in [-0.25, -0.2) is 0 Å². The molecule has 2 fully saturated rings. The van der Waals surface area contributed by atoms with Crippen LogP contribution < -0.4 is 10.5 Å². The minimum atomic E-state index is -0.0254. The molecule has 21 heavy (non-hydrogen) atoms. The Bertz CT molecular complexity index is 541. The van der Waals surface area contributed by atoms with Crippen LogP contribution in [0.25, 0.3) is 0 Å². The van der Waals surface area contributed by atoms with Crippen molar-refractivity contribution >= 4 is 17.4 Å². The Kier molecular flexibility index (Phi) is 4.09. The standard InChI is InChI=1S/C16H21ClN2O2/c17-14-9-11(3-4-13(14)15(18)19)21-12-5-8-20-16(10-12)6-1-2-7-16/h3-4,9,12H,1-2,5-8,10H2,(H3,18,19). The Labute approximate surface area is 130 Å². The van der Waals surface area contributed by atoms with E-state index in [-0.39, 0.29) is 17.5 Å². The Morgan fingerprint density at radius 2 is 2.14 bits per heavy atom. The van der Waals surface area contributed by atoms with Crippen LogP contribution in [-0.4, -0.2) is 24.1 Å². The van der Waals surface area contributed by atoms with E-state index in [0.29, 0.717) is 10.6 Å². The molecule has 0 radical (unpaired) electrons. The monoisotopic (exact) mass is 308 g/mol. The maximum atomic E-state index is 7.44. The van der Waals surface area contributed by atoms with Crippen molar-refractivity contribution in [3.63, 3.8) is 0 Å². The molecule has 1 aliphatic heterocycles. The number of amidine groups is 1. The van der Waals surface area contributed by atoms with E-state index in [1.807, 2.05) is 6.07 Å². The van der Waals surface area contributed by atoms with Crippen LogP contribution in [0.4, 0.5) is 0 Å². The van der Waals surface area contributed by atoms with Crippen LogP contribution in [0.15, 0.2) is 18.2 Å². The number of nitrogen functional groups attached to an aromatic ring is 1. The molecule has 1 aromatic carbocycles. The fraction of sp³-hybridized carbons (Fsp3) is 0.562. The van der Waals surface area contributed by atoms with Crippen LogP contribution in [0.3, 0.4) is 0 Å². The first kappa shape index (κ1) is 14.7. The van der Waals surface area contributed by atoms with E-state index in [9.17, 15) is 0 Å². The number of nitrogens with two attached hydrogens (primary N) is 1. The van der Waals surface area contributed by atoms with E-state index in [1.165, 1.54) is 12.8 Å². The average Bonchev–Trinajstić information content (AvgIpc) is 2.86. The molecular formula is C16H21ClN2O2. The van der Waals surface area contributed by atoms with Crippen molar-refractivity contribution in [3.8, 4) is 5.75 Å². The largest absolute Gasteiger partial charge is 0.490 e. The van der Waals surface area contributed by atoms with Gasteiger partial charge in [0.05, 0.1) is 17.2 Å². The third-order valence-corrected chi connectivity index (χ3v) is 4.81. The first-order valence-corrected chi connectivity index (χ1v) is 7.90. The summed E-state index contributed by atoms with van der Waals surface area (Å²) >= 11 is 6.14. The summed E-state index contributed by atoms with van der Waals surface area (Å²) in [5.41, 5.74) is 6.06. The normalized spacial score (nSPS) is 24.1. The molecule has 1 spiro atoms. The fourth-order valence-corrected chi connectivity index (χ4v) is 3.70. The van der Waals surface area contributed by atoms with Gasteiger partial charge in [0.15, 0.2) is 0 Å². The Hall–Kier alpha value is -1.26. The first-order chi connectivity index (χ1) is 10.1. The van der Waals surface area contributed by atoms with Crippen molar-refractivity contribution in [2.75, 3.05) is 6.61 Å². The lowest BCUT2D eigenvalue weighted by molar-refractivity contribution is -0.108. The number of hydrogen-bond acceptors (Lipinski definition) is 3. The van der Waals surface area contributed by atoms with Gasteiger partial charge in [0.1, 0.15) is 17.7 Å². The molecule has 1 heterocycles. The second kappa shape index (κ2) is 5.85. The molecule has 3 rings (SSSR count). The topological polar surface area (TPSA) is 68.3 Å². The summed E-state index contributed by atoms with van der Waals surface area (Å²) in [5.74, 6) is 0.715. The third-order valence-electron chi connectivity index (χ3n) is 4.50. The van der Waals surface area contributed by atoms with Gasteiger partial charge in [0, 0.05) is 18.4 Å². The van der Waals surface area contributed by atoms with Crippen molar-refractivity contribution in [2.45, 2.75) is 50.2 Å². The van der Waals surface area contributed by atoms with Crippen LogP contribution in [0, 0.1) is 5.41 Å².